The highest BCUT2D eigenvalue weighted by molar-refractivity contribution is 7.98. The van der Waals surface area contributed by atoms with Crippen molar-refractivity contribution >= 4 is 39.1 Å². The van der Waals surface area contributed by atoms with Crippen molar-refractivity contribution in [3.05, 3.63) is 41.4 Å². The minimum atomic E-state index is 0.957. The van der Waals surface area contributed by atoms with Crippen molar-refractivity contribution in [1.82, 2.24) is 9.97 Å². The second kappa shape index (κ2) is 6.33. The molecule has 0 aliphatic rings. The summed E-state index contributed by atoms with van der Waals surface area (Å²) in [5.74, 6) is 0.957. The zero-order chi connectivity index (χ0) is 13.8. The van der Waals surface area contributed by atoms with E-state index in [0.717, 1.165) is 23.8 Å². The zero-order valence-electron chi connectivity index (χ0n) is 11.3. The van der Waals surface area contributed by atoms with E-state index in [1.54, 1.807) is 11.3 Å². The number of aromatic amines is 1. The smallest absolute Gasteiger partial charge is 0.182 e. The molecule has 5 heteroatoms. The van der Waals surface area contributed by atoms with E-state index in [1.807, 2.05) is 18.0 Å². The van der Waals surface area contributed by atoms with Gasteiger partial charge in [0.05, 0.1) is 5.03 Å². The molecule has 0 atom stereocenters. The third kappa shape index (κ3) is 3.16. The van der Waals surface area contributed by atoms with Gasteiger partial charge in [-0.05, 0) is 18.6 Å². The molecular formula is C15H17N3S2. The number of benzene rings is 1. The lowest BCUT2D eigenvalue weighted by Crippen LogP contribution is -1.97. The first-order valence-electron chi connectivity index (χ1n) is 6.74. The molecule has 3 aromatic rings. The van der Waals surface area contributed by atoms with Gasteiger partial charge in [-0.2, -0.15) is 0 Å². The summed E-state index contributed by atoms with van der Waals surface area (Å²) in [6, 6.07) is 10.6. The first-order valence-corrected chi connectivity index (χ1v) is 8.54. The predicted molar refractivity (Wildman–Crippen MR) is 88.8 cm³/mol. The third-order valence-electron chi connectivity index (χ3n) is 2.95. The minimum Gasteiger partial charge on any atom is -0.362 e. The Morgan fingerprint density at radius 1 is 1.35 bits per heavy atom. The molecule has 2 N–H and O–H groups in total. The van der Waals surface area contributed by atoms with Crippen LogP contribution in [0.4, 0.5) is 5.13 Å². The Balaban J connectivity index is 1.62. The van der Waals surface area contributed by atoms with Crippen molar-refractivity contribution in [3.63, 3.8) is 0 Å². The van der Waals surface area contributed by atoms with Crippen LogP contribution in [0.3, 0.4) is 0 Å². The second-order valence-electron chi connectivity index (χ2n) is 4.57. The number of hydrogen-bond acceptors (Lipinski definition) is 4. The lowest BCUT2D eigenvalue weighted by molar-refractivity contribution is 0.976. The van der Waals surface area contributed by atoms with Gasteiger partial charge in [0.2, 0.25) is 0 Å². The molecule has 104 valence electrons. The molecule has 0 saturated heterocycles. The van der Waals surface area contributed by atoms with Crippen LogP contribution in [-0.4, -0.2) is 16.5 Å². The number of para-hydroxylation sites is 1. The molecule has 0 unspecified atom stereocenters. The Morgan fingerprint density at radius 3 is 3.10 bits per heavy atom. The SMILES string of the molecule is CCCNc1ncc(CSc2cc3ccccc3[nH]2)s1. The van der Waals surface area contributed by atoms with Gasteiger partial charge in [0.25, 0.3) is 0 Å². The van der Waals surface area contributed by atoms with Crippen LogP contribution in [0.15, 0.2) is 41.6 Å². The number of rotatable bonds is 6. The predicted octanol–water partition coefficient (Wildman–Crippen LogP) is 4.74. The molecule has 0 radical (unpaired) electrons. The Labute approximate surface area is 126 Å². The summed E-state index contributed by atoms with van der Waals surface area (Å²) >= 11 is 3.57. The fourth-order valence-corrected chi connectivity index (χ4v) is 3.77. The molecule has 2 aromatic heterocycles. The van der Waals surface area contributed by atoms with E-state index in [1.165, 1.54) is 20.8 Å². The van der Waals surface area contributed by atoms with Gasteiger partial charge in [0.1, 0.15) is 0 Å². The number of thioether (sulfide) groups is 1. The van der Waals surface area contributed by atoms with Crippen molar-refractivity contribution in [1.29, 1.82) is 0 Å². The van der Waals surface area contributed by atoms with Gasteiger partial charge >= 0.3 is 0 Å². The number of hydrogen-bond donors (Lipinski definition) is 2. The van der Waals surface area contributed by atoms with Gasteiger partial charge in [-0.25, -0.2) is 4.98 Å². The molecule has 0 bridgehead atoms. The van der Waals surface area contributed by atoms with Gasteiger partial charge in [-0.15, -0.1) is 23.1 Å². The largest absolute Gasteiger partial charge is 0.362 e. The van der Waals surface area contributed by atoms with Gasteiger partial charge < -0.3 is 10.3 Å². The molecule has 0 aliphatic carbocycles. The average molecular weight is 303 g/mol. The van der Waals surface area contributed by atoms with Crippen molar-refractivity contribution in [2.45, 2.75) is 24.1 Å². The van der Waals surface area contributed by atoms with E-state index in [-0.39, 0.29) is 0 Å². The van der Waals surface area contributed by atoms with Gasteiger partial charge in [-0.3, -0.25) is 0 Å². The Kier molecular flexibility index (Phi) is 4.28. The number of H-pyrrole nitrogens is 1. The van der Waals surface area contributed by atoms with Crippen molar-refractivity contribution < 1.29 is 0 Å². The normalized spacial score (nSPS) is 11.1. The molecule has 20 heavy (non-hydrogen) atoms. The molecule has 0 saturated carbocycles. The highest BCUT2D eigenvalue weighted by atomic mass is 32.2. The summed E-state index contributed by atoms with van der Waals surface area (Å²) in [4.78, 5) is 9.13. The Morgan fingerprint density at radius 2 is 2.25 bits per heavy atom. The molecule has 0 fully saturated rings. The van der Waals surface area contributed by atoms with Crippen molar-refractivity contribution in [3.8, 4) is 0 Å². The molecule has 0 amide bonds. The van der Waals surface area contributed by atoms with E-state index in [2.05, 4.69) is 52.5 Å². The number of fused-ring (bicyclic) bond motifs is 1. The molecule has 3 rings (SSSR count). The lowest BCUT2D eigenvalue weighted by atomic mass is 10.3. The minimum absolute atomic E-state index is 0.957. The number of thiazole rings is 1. The van der Waals surface area contributed by atoms with Crippen LogP contribution in [0.25, 0.3) is 10.9 Å². The maximum Gasteiger partial charge on any atom is 0.182 e. The van der Waals surface area contributed by atoms with Crippen LogP contribution in [0.2, 0.25) is 0 Å². The summed E-state index contributed by atoms with van der Waals surface area (Å²) in [6.45, 7) is 3.15. The van der Waals surface area contributed by atoms with E-state index in [4.69, 9.17) is 0 Å². The standard InChI is InChI=1S/C15H17N3S2/c1-2-7-16-15-17-9-12(20-15)10-19-14-8-11-5-3-4-6-13(11)18-14/h3-6,8-9,18H,2,7,10H2,1H3,(H,16,17). The maximum atomic E-state index is 4.39. The molecule has 0 aliphatic heterocycles. The highest BCUT2D eigenvalue weighted by Crippen LogP contribution is 2.29. The fraction of sp³-hybridized carbons (Fsp3) is 0.267. The number of aromatic nitrogens is 2. The monoisotopic (exact) mass is 303 g/mol. The van der Waals surface area contributed by atoms with Crippen LogP contribution in [0.5, 0.6) is 0 Å². The summed E-state index contributed by atoms with van der Waals surface area (Å²) in [6.07, 6.45) is 3.09. The van der Waals surface area contributed by atoms with E-state index in [9.17, 15) is 0 Å². The van der Waals surface area contributed by atoms with E-state index >= 15 is 0 Å². The van der Waals surface area contributed by atoms with Crippen molar-refractivity contribution in [2.24, 2.45) is 0 Å². The fourth-order valence-electron chi connectivity index (χ4n) is 1.96. The molecule has 0 spiro atoms. The van der Waals surface area contributed by atoms with Crippen LogP contribution in [0.1, 0.15) is 18.2 Å². The summed E-state index contributed by atoms with van der Waals surface area (Å²) in [5, 5.41) is 6.83. The van der Waals surface area contributed by atoms with Crippen LogP contribution in [0, 0.1) is 0 Å². The number of anilines is 1. The summed E-state index contributed by atoms with van der Waals surface area (Å²) < 4.78 is 0. The maximum absolute atomic E-state index is 4.39. The Bertz CT molecular complexity index is 654. The molecule has 1 aromatic carbocycles. The van der Waals surface area contributed by atoms with Gasteiger partial charge in [0, 0.05) is 34.3 Å². The van der Waals surface area contributed by atoms with Crippen LogP contribution in [-0.2, 0) is 5.75 Å². The van der Waals surface area contributed by atoms with Crippen LogP contribution < -0.4 is 5.32 Å². The summed E-state index contributed by atoms with van der Waals surface area (Å²) in [5.41, 5.74) is 1.20. The number of nitrogens with one attached hydrogen (secondary N) is 2. The van der Waals surface area contributed by atoms with Crippen LogP contribution >= 0.6 is 23.1 Å². The molecule has 3 nitrogen and oxygen atoms in total. The number of nitrogens with zero attached hydrogens (tertiary/aromatic N) is 1. The van der Waals surface area contributed by atoms with Crippen molar-refractivity contribution in [2.75, 3.05) is 11.9 Å². The molecular weight excluding hydrogens is 286 g/mol. The Hall–Kier alpha value is -1.46. The highest BCUT2D eigenvalue weighted by Gasteiger charge is 2.04. The average Bonchev–Trinajstić information content (AvgIpc) is 3.09. The summed E-state index contributed by atoms with van der Waals surface area (Å²) in [7, 11) is 0. The topological polar surface area (TPSA) is 40.7 Å². The zero-order valence-corrected chi connectivity index (χ0v) is 13.0. The molecule has 2 heterocycles. The van der Waals surface area contributed by atoms with E-state index < -0.39 is 0 Å². The second-order valence-corrected chi connectivity index (χ2v) is 6.70. The first-order chi connectivity index (χ1) is 9.85. The quantitative estimate of drug-likeness (QED) is 0.646. The lowest BCUT2D eigenvalue weighted by Gasteiger charge is -1.97. The van der Waals surface area contributed by atoms with Gasteiger partial charge in [-0.1, -0.05) is 25.1 Å². The third-order valence-corrected chi connectivity index (χ3v) is 5.08. The van der Waals surface area contributed by atoms with E-state index in [0.29, 0.717) is 0 Å². The van der Waals surface area contributed by atoms with Gasteiger partial charge in [0.15, 0.2) is 5.13 Å². The first kappa shape index (κ1) is 13.5.